The van der Waals surface area contributed by atoms with Crippen LogP contribution in [0.2, 0.25) is 0 Å². The summed E-state index contributed by atoms with van der Waals surface area (Å²) in [6.07, 6.45) is 3.01. The van der Waals surface area contributed by atoms with E-state index in [-0.39, 0.29) is 11.3 Å². The summed E-state index contributed by atoms with van der Waals surface area (Å²) in [7, 11) is 0. The van der Waals surface area contributed by atoms with Crippen molar-refractivity contribution in [2.24, 2.45) is 5.10 Å². The predicted octanol–water partition coefficient (Wildman–Crippen LogP) is 1.77. The Morgan fingerprint density at radius 1 is 1.24 bits per heavy atom. The molecule has 2 aromatic rings. The maximum absolute atomic E-state index is 11.6. The lowest BCUT2D eigenvalue weighted by atomic mass is 10.2. The van der Waals surface area contributed by atoms with Crippen molar-refractivity contribution >= 4 is 29.8 Å². The molecule has 21 heavy (non-hydrogen) atoms. The summed E-state index contributed by atoms with van der Waals surface area (Å²) in [5.74, 6) is -0.549. The molecule has 0 saturated carbocycles. The van der Waals surface area contributed by atoms with Crippen molar-refractivity contribution in [2.75, 3.05) is 0 Å². The SMILES string of the molecule is O=C(N/N=C/C(Cl)=C/c1ccccc1)c1ccc(=O)[nH]n1. The molecule has 0 aliphatic carbocycles. The Balaban J connectivity index is 1.96. The molecule has 1 amide bonds. The zero-order valence-electron chi connectivity index (χ0n) is 10.8. The van der Waals surface area contributed by atoms with Crippen LogP contribution in [0, 0.1) is 0 Å². The van der Waals surface area contributed by atoms with E-state index in [1.165, 1.54) is 18.3 Å². The van der Waals surface area contributed by atoms with Gasteiger partial charge in [-0.3, -0.25) is 9.59 Å². The van der Waals surface area contributed by atoms with Crippen LogP contribution in [0.5, 0.6) is 0 Å². The first-order valence-corrected chi connectivity index (χ1v) is 6.34. The summed E-state index contributed by atoms with van der Waals surface area (Å²) in [5.41, 5.74) is 2.84. The molecule has 2 rings (SSSR count). The fourth-order valence-electron chi connectivity index (χ4n) is 1.43. The van der Waals surface area contributed by atoms with Crippen molar-refractivity contribution in [3.63, 3.8) is 0 Å². The van der Waals surface area contributed by atoms with Crippen LogP contribution in [0.15, 0.2) is 57.4 Å². The first-order chi connectivity index (χ1) is 10.1. The first-order valence-electron chi connectivity index (χ1n) is 5.96. The van der Waals surface area contributed by atoms with Crippen LogP contribution in [-0.2, 0) is 0 Å². The fraction of sp³-hybridized carbons (Fsp3) is 0. The fourth-order valence-corrected chi connectivity index (χ4v) is 1.60. The quantitative estimate of drug-likeness (QED) is 0.666. The highest BCUT2D eigenvalue weighted by molar-refractivity contribution is 6.41. The highest BCUT2D eigenvalue weighted by atomic mass is 35.5. The number of halogens is 1. The van der Waals surface area contributed by atoms with Gasteiger partial charge in [0.15, 0.2) is 5.69 Å². The Labute approximate surface area is 125 Å². The van der Waals surface area contributed by atoms with E-state index in [1.54, 1.807) is 6.08 Å². The van der Waals surface area contributed by atoms with E-state index in [9.17, 15) is 9.59 Å². The van der Waals surface area contributed by atoms with Gasteiger partial charge in [0, 0.05) is 6.07 Å². The Morgan fingerprint density at radius 3 is 2.67 bits per heavy atom. The summed E-state index contributed by atoms with van der Waals surface area (Å²) in [5, 5.41) is 9.80. The number of aromatic amines is 1. The second-order valence-corrected chi connectivity index (χ2v) is 4.38. The molecule has 0 saturated heterocycles. The lowest BCUT2D eigenvalue weighted by Crippen LogP contribution is -2.21. The van der Waals surface area contributed by atoms with Gasteiger partial charge in [0.05, 0.1) is 11.2 Å². The van der Waals surface area contributed by atoms with E-state index in [0.717, 1.165) is 5.56 Å². The molecule has 0 radical (unpaired) electrons. The van der Waals surface area contributed by atoms with E-state index in [0.29, 0.717) is 5.03 Å². The zero-order chi connectivity index (χ0) is 15.1. The molecule has 1 aromatic carbocycles. The number of allylic oxidation sites excluding steroid dienone is 1. The van der Waals surface area contributed by atoms with Crippen LogP contribution in [0.4, 0.5) is 0 Å². The van der Waals surface area contributed by atoms with Gasteiger partial charge in [-0.25, -0.2) is 10.5 Å². The minimum absolute atomic E-state index is 0.0508. The molecule has 0 spiro atoms. The van der Waals surface area contributed by atoms with E-state index in [2.05, 4.69) is 20.7 Å². The number of H-pyrrole nitrogens is 1. The Kier molecular flexibility index (Phi) is 5.00. The minimum Gasteiger partial charge on any atom is -0.268 e. The number of nitrogens with one attached hydrogen (secondary N) is 2. The Bertz CT molecular complexity index is 718. The Morgan fingerprint density at radius 2 is 2.00 bits per heavy atom. The molecule has 2 N–H and O–H groups in total. The molecular formula is C14H11ClN4O2. The third kappa shape index (κ3) is 4.70. The smallest absolute Gasteiger partial charge is 0.268 e. The summed E-state index contributed by atoms with van der Waals surface area (Å²) in [6.45, 7) is 0. The third-order valence-electron chi connectivity index (χ3n) is 2.37. The molecule has 1 heterocycles. The van der Waals surface area contributed by atoms with Gasteiger partial charge >= 0.3 is 0 Å². The van der Waals surface area contributed by atoms with Gasteiger partial charge in [-0.2, -0.15) is 10.2 Å². The minimum atomic E-state index is -0.549. The molecule has 0 atom stereocenters. The number of hydrogen-bond acceptors (Lipinski definition) is 4. The number of rotatable bonds is 4. The Hall–Kier alpha value is -2.73. The second kappa shape index (κ2) is 7.16. The van der Waals surface area contributed by atoms with Crippen molar-refractivity contribution in [1.29, 1.82) is 0 Å². The van der Waals surface area contributed by atoms with Crippen LogP contribution in [-0.4, -0.2) is 22.3 Å². The normalized spacial score (nSPS) is 11.6. The van der Waals surface area contributed by atoms with Crippen LogP contribution in [0.25, 0.3) is 6.08 Å². The molecule has 0 unspecified atom stereocenters. The molecule has 1 aromatic heterocycles. The van der Waals surface area contributed by atoms with E-state index in [1.807, 2.05) is 30.3 Å². The average molecular weight is 303 g/mol. The summed E-state index contributed by atoms with van der Waals surface area (Å²) in [4.78, 5) is 22.4. The number of benzene rings is 1. The largest absolute Gasteiger partial charge is 0.291 e. The topological polar surface area (TPSA) is 87.2 Å². The molecule has 0 bridgehead atoms. The predicted molar refractivity (Wildman–Crippen MR) is 81.1 cm³/mol. The average Bonchev–Trinajstić information content (AvgIpc) is 2.49. The summed E-state index contributed by atoms with van der Waals surface area (Å²) < 4.78 is 0. The first kappa shape index (κ1) is 14.7. The number of hydrazone groups is 1. The van der Waals surface area contributed by atoms with Crippen LogP contribution < -0.4 is 11.0 Å². The van der Waals surface area contributed by atoms with Crippen LogP contribution in [0.1, 0.15) is 16.1 Å². The van der Waals surface area contributed by atoms with E-state index in [4.69, 9.17) is 11.6 Å². The maximum atomic E-state index is 11.6. The molecule has 0 aliphatic heterocycles. The number of carbonyl (C=O) groups excluding carboxylic acids is 1. The number of amides is 1. The van der Waals surface area contributed by atoms with Gasteiger partial charge in [0.25, 0.3) is 11.5 Å². The van der Waals surface area contributed by atoms with Crippen molar-refractivity contribution < 1.29 is 4.79 Å². The van der Waals surface area contributed by atoms with Crippen molar-refractivity contribution in [3.8, 4) is 0 Å². The number of aromatic nitrogens is 2. The number of carbonyl (C=O) groups is 1. The number of hydrogen-bond donors (Lipinski definition) is 2. The monoisotopic (exact) mass is 302 g/mol. The van der Waals surface area contributed by atoms with Gasteiger partial charge in [0.2, 0.25) is 0 Å². The zero-order valence-corrected chi connectivity index (χ0v) is 11.5. The summed E-state index contributed by atoms with van der Waals surface area (Å²) in [6, 6.07) is 11.9. The molecule has 7 heteroatoms. The van der Waals surface area contributed by atoms with Gasteiger partial charge in [-0.05, 0) is 17.7 Å². The highest BCUT2D eigenvalue weighted by Crippen LogP contribution is 2.07. The van der Waals surface area contributed by atoms with Crippen LogP contribution >= 0.6 is 11.6 Å². The maximum Gasteiger partial charge on any atom is 0.291 e. The third-order valence-corrected chi connectivity index (χ3v) is 2.58. The molecule has 0 aliphatic rings. The molecule has 0 fully saturated rings. The highest BCUT2D eigenvalue weighted by Gasteiger charge is 2.05. The van der Waals surface area contributed by atoms with Crippen molar-refractivity contribution in [2.45, 2.75) is 0 Å². The van der Waals surface area contributed by atoms with Crippen molar-refractivity contribution in [1.82, 2.24) is 15.6 Å². The number of nitrogens with zero attached hydrogens (tertiary/aromatic N) is 2. The van der Waals surface area contributed by atoms with Gasteiger partial charge in [0.1, 0.15) is 0 Å². The molecule has 6 nitrogen and oxygen atoms in total. The van der Waals surface area contributed by atoms with Gasteiger partial charge in [-0.15, -0.1) is 0 Å². The van der Waals surface area contributed by atoms with E-state index < -0.39 is 5.91 Å². The van der Waals surface area contributed by atoms with Gasteiger partial charge < -0.3 is 0 Å². The lowest BCUT2D eigenvalue weighted by molar-refractivity contribution is 0.0949. The molecular weight excluding hydrogens is 292 g/mol. The lowest BCUT2D eigenvalue weighted by Gasteiger charge is -1.97. The second-order valence-electron chi connectivity index (χ2n) is 3.95. The van der Waals surface area contributed by atoms with Crippen molar-refractivity contribution in [3.05, 3.63) is 69.1 Å². The van der Waals surface area contributed by atoms with E-state index >= 15 is 0 Å². The van der Waals surface area contributed by atoms with Gasteiger partial charge in [-0.1, -0.05) is 41.9 Å². The standard InChI is InChI=1S/C14H11ClN4O2/c15-11(8-10-4-2-1-3-5-10)9-16-19-14(21)12-6-7-13(20)18-17-12/h1-9H,(H,18,20)(H,19,21)/b11-8-,16-9+. The summed E-state index contributed by atoms with van der Waals surface area (Å²) >= 11 is 5.96. The van der Waals surface area contributed by atoms with Crippen LogP contribution in [0.3, 0.4) is 0 Å². The molecule has 106 valence electrons.